The van der Waals surface area contributed by atoms with E-state index in [0.717, 1.165) is 18.2 Å². The Bertz CT molecular complexity index is 804. The molecule has 0 atom stereocenters. The molecule has 0 saturated heterocycles. The fourth-order valence-electron chi connectivity index (χ4n) is 1.32. The number of benzene rings is 1. The lowest BCUT2D eigenvalue weighted by molar-refractivity contribution is 0.434. The van der Waals surface area contributed by atoms with Gasteiger partial charge in [-0.25, -0.2) is 17.6 Å². The maximum atomic E-state index is 13.6. The predicted molar refractivity (Wildman–Crippen MR) is 55.0 cm³/mol. The Balaban J connectivity index is 4.33. The molecule has 1 aromatic carbocycles. The van der Waals surface area contributed by atoms with Gasteiger partial charge in [0.25, 0.3) is 0 Å². The average Bonchev–Trinajstić information content (AvgIpc) is 2.46. The Labute approximate surface area is 107 Å². The van der Waals surface area contributed by atoms with Crippen LogP contribution in [0.4, 0.5) is 17.6 Å². The van der Waals surface area contributed by atoms with E-state index in [2.05, 4.69) is 0 Å². The summed E-state index contributed by atoms with van der Waals surface area (Å²) in [4.78, 5) is 10.2. The molecule has 0 aliphatic heterocycles. The van der Waals surface area contributed by atoms with Crippen LogP contribution in [0, 0.1) is 62.2 Å². The summed E-state index contributed by atoms with van der Waals surface area (Å²) in [5.74, 6) is -8.35. The zero-order valence-electron chi connectivity index (χ0n) is 9.21. The van der Waals surface area contributed by atoms with Crippen molar-refractivity contribution in [3.05, 3.63) is 38.6 Å². The molecule has 1 rings (SSSR count). The fourth-order valence-corrected chi connectivity index (χ4v) is 1.32. The molecule has 0 radical (unpaired) electrons. The minimum atomic E-state index is -2.10. The van der Waals surface area contributed by atoms with Crippen molar-refractivity contribution in [3.8, 4) is 18.2 Å². The van der Waals surface area contributed by atoms with Gasteiger partial charge < -0.3 is 0 Å². The summed E-state index contributed by atoms with van der Waals surface area (Å²) in [6, 6.07) is 3.10. The third kappa shape index (κ3) is 2.06. The highest BCUT2D eigenvalue weighted by atomic mass is 19.2. The minimum absolute atomic E-state index is 0.968. The van der Waals surface area contributed by atoms with Crippen molar-refractivity contribution in [2.45, 2.75) is 0 Å². The van der Waals surface area contributed by atoms with Crippen LogP contribution in [0.25, 0.3) is 11.3 Å². The Morgan fingerprint density at radius 1 is 0.800 bits per heavy atom. The monoisotopic (exact) mass is 280 g/mol. The molecule has 20 heavy (non-hydrogen) atoms. The fraction of sp³-hybridized carbons (Fsp3) is 0. The highest BCUT2D eigenvalue weighted by Gasteiger charge is 2.22. The zero-order chi connectivity index (χ0) is 15.4. The van der Waals surface area contributed by atoms with Crippen molar-refractivity contribution < 1.29 is 17.6 Å². The molecule has 1 aromatic rings. The molecule has 0 unspecified atom stereocenters. The lowest BCUT2D eigenvalue weighted by Gasteiger charge is -2.01. The lowest BCUT2D eigenvalue weighted by atomic mass is 10.1. The Morgan fingerprint density at radius 2 is 1.20 bits per heavy atom. The molecule has 9 heteroatoms. The molecule has 0 aromatic heterocycles. The largest absolute Gasteiger partial charge is 0.203 e. The van der Waals surface area contributed by atoms with Crippen LogP contribution in [0.2, 0.25) is 0 Å². The van der Waals surface area contributed by atoms with E-state index in [-0.39, 0.29) is 0 Å². The van der Waals surface area contributed by atoms with E-state index in [1.165, 1.54) is 0 Å². The second kappa shape index (κ2) is 5.59. The van der Waals surface area contributed by atoms with Gasteiger partial charge in [-0.1, -0.05) is 0 Å². The second-order valence-corrected chi connectivity index (χ2v) is 3.16. The summed E-state index contributed by atoms with van der Waals surface area (Å²) < 4.78 is 54.3. The molecular weight excluding hydrogens is 280 g/mol. The van der Waals surface area contributed by atoms with Crippen LogP contribution in [-0.2, 0) is 0 Å². The average molecular weight is 280 g/mol. The van der Waals surface area contributed by atoms with Crippen molar-refractivity contribution in [1.29, 1.82) is 15.8 Å². The van der Waals surface area contributed by atoms with E-state index in [4.69, 9.17) is 15.8 Å². The van der Waals surface area contributed by atoms with Gasteiger partial charge in [0, 0.05) is 0 Å². The SMILES string of the molecule is N#CC(C#N)=c1c(F)c(F)c(=C(C#N)N=O)c(F)c1F. The number of nitroso groups, excluding NO2 is 1. The first-order valence-electron chi connectivity index (χ1n) is 4.58. The minimum Gasteiger partial charge on any atom is -0.203 e. The van der Waals surface area contributed by atoms with E-state index in [9.17, 15) is 22.5 Å². The van der Waals surface area contributed by atoms with Gasteiger partial charge in [0.15, 0.2) is 29.0 Å². The molecule has 98 valence electrons. The van der Waals surface area contributed by atoms with Crippen LogP contribution in [0.3, 0.4) is 0 Å². The summed E-state index contributed by atoms with van der Waals surface area (Å²) in [6.07, 6.45) is 0. The topological polar surface area (TPSA) is 101 Å². The van der Waals surface area contributed by atoms with Gasteiger partial charge >= 0.3 is 0 Å². The molecule has 0 N–H and O–H groups in total. The zero-order valence-corrected chi connectivity index (χ0v) is 9.21. The van der Waals surface area contributed by atoms with E-state index in [0.29, 0.717) is 0 Å². The molecule has 0 fully saturated rings. The maximum absolute atomic E-state index is 13.6. The molecule has 5 nitrogen and oxygen atoms in total. The van der Waals surface area contributed by atoms with Crippen molar-refractivity contribution in [3.63, 3.8) is 0 Å². The number of hydrogen-bond donors (Lipinski definition) is 0. The molecule has 0 aliphatic carbocycles. The van der Waals surface area contributed by atoms with Gasteiger partial charge in [-0.2, -0.15) is 15.8 Å². The number of nitrogens with zero attached hydrogens (tertiary/aromatic N) is 4. The summed E-state index contributed by atoms with van der Waals surface area (Å²) in [5, 5.41) is 24.2. The van der Waals surface area contributed by atoms with Crippen LogP contribution in [0.15, 0.2) is 5.18 Å². The predicted octanol–water partition coefficient (Wildman–Crippen LogP) is 0.839. The highest BCUT2D eigenvalue weighted by Crippen LogP contribution is 2.07. The number of nitriles is 3. The van der Waals surface area contributed by atoms with Gasteiger partial charge in [0.2, 0.25) is 0 Å². The van der Waals surface area contributed by atoms with Gasteiger partial charge in [-0.15, -0.1) is 4.91 Å². The van der Waals surface area contributed by atoms with E-state index >= 15 is 0 Å². The van der Waals surface area contributed by atoms with Crippen LogP contribution in [0.1, 0.15) is 0 Å². The van der Waals surface area contributed by atoms with Crippen LogP contribution >= 0.6 is 0 Å². The summed E-state index contributed by atoms with van der Waals surface area (Å²) >= 11 is 0. The standard InChI is InChI=1S/C11F4N4O/c12-8-6(4(1-16)2-17)9(13)11(15)7(10(8)14)5(3-18)19-20. The van der Waals surface area contributed by atoms with Gasteiger partial charge in [0.05, 0.1) is 10.4 Å². The number of rotatable bonds is 1. The smallest absolute Gasteiger partial charge is 0.198 e. The first-order valence-corrected chi connectivity index (χ1v) is 4.58. The Kier molecular flexibility index (Phi) is 4.14. The lowest BCUT2D eigenvalue weighted by Crippen LogP contribution is -2.31. The van der Waals surface area contributed by atoms with Crippen molar-refractivity contribution in [2.24, 2.45) is 5.18 Å². The van der Waals surface area contributed by atoms with Crippen LogP contribution in [0.5, 0.6) is 0 Å². The molecule has 0 amide bonds. The molecule has 0 heterocycles. The Hall–Kier alpha value is -3.25. The van der Waals surface area contributed by atoms with E-state index in [1.54, 1.807) is 0 Å². The number of hydrogen-bond acceptors (Lipinski definition) is 5. The summed E-state index contributed by atoms with van der Waals surface area (Å²) in [6.45, 7) is 0. The van der Waals surface area contributed by atoms with Gasteiger partial charge in [-0.05, 0) is 5.18 Å². The van der Waals surface area contributed by atoms with Crippen LogP contribution < -0.4 is 10.4 Å². The second-order valence-electron chi connectivity index (χ2n) is 3.16. The highest BCUT2D eigenvalue weighted by molar-refractivity contribution is 5.73. The molecule has 0 spiro atoms. The molecule has 0 saturated carbocycles. The normalized spacial score (nSPS) is 9.05. The maximum Gasteiger partial charge on any atom is 0.198 e. The van der Waals surface area contributed by atoms with Crippen LogP contribution in [-0.4, -0.2) is 0 Å². The first kappa shape index (κ1) is 14.8. The quantitative estimate of drug-likeness (QED) is 0.432. The van der Waals surface area contributed by atoms with Gasteiger partial charge in [0.1, 0.15) is 23.8 Å². The summed E-state index contributed by atoms with van der Waals surface area (Å²) in [7, 11) is 0. The van der Waals surface area contributed by atoms with Gasteiger partial charge in [-0.3, -0.25) is 0 Å². The molecule has 0 aliphatic rings. The van der Waals surface area contributed by atoms with Crippen molar-refractivity contribution >= 4 is 11.3 Å². The Morgan fingerprint density at radius 3 is 1.50 bits per heavy atom. The third-order valence-corrected chi connectivity index (χ3v) is 2.17. The number of halogens is 4. The summed E-state index contributed by atoms with van der Waals surface area (Å²) in [5.41, 5.74) is -2.62. The van der Waals surface area contributed by atoms with Crippen molar-refractivity contribution in [2.75, 3.05) is 0 Å². The van der Waals surface area contributed by atoms with E-state index < -0.39 is 45.0 Å². The third-order valence-electron chi connectivity index (χ3n) is 2.17. The van der Waals surface area contributed by atoms with Crippen molar-refractivity contribution in [1.82, 2.24) is 0 Å². The first-order chi connectivity index (χ1) is 9.44. The molecule has 0 bridgehead atoms. The molecular formula is C11F4N4O. The van der Waals surface area contributed by atoms with E-state index in [1.807, 2.05) is 5.18 Å².